The fourth-order valence-electron chi connectivity index (χ4n) is 6.09. The number of imidazole rings is 1. The molecule has 3 aromatic carbocycles. The van der Waals surface area contributed by atoms with Gasteiger partial charge in [-0.2, -0.15) is 0 Å². The maximum absolute atomic E-state index is 13.4. The van der Waals surface area contributed by atoms with Gasteiger partial charge in [-0.05, 0) is 47.9 Å². The van der Waals surface area contributed by atoms with Crippen LogP contribution in [0.4, 0.5) is 0 Å². The molecule has 1 aromatic heterocycles. The summed E-state index contributed by atoms with van der Waals surface area (Å²) >= 11 is 0. The molecule has 0 unspecified atom stereocenters. The molecule has 4 nitrogen and oxygen atoms in total. The monoisotopic (exact) mass is 476 g/mol. The second-order valence-corrected chi connectivity index (χ2v) is 9.79. The molecule has 1 fully saturated rings. The van der Waals surface area contributed by atoms with Gasteiger partial charge in [-0.3, -0.25) is 4.79 Å². The van der Waals surface area contributed by atoms with Gasteiger partial charge in [0.25, 0.3) is 5.82 Å². The Morgan fingerprint density at radius 1 is 0.944 bits per heavy atom. The Labute approximate surface area is 213 Å². The SMILES string of the molecule is Cc1n([C@H]2CC[C@@H](C(C(N)=O)(c3ccccc3)c3ccccc3)C2)cc[n+]1CC=Cc1ccccc1. The van der Waals surface area contributed by atoms with Crippen molar-refractivity contribution in [1.29, 1.82) is 0 Å². The highest BCUT2D eigenvalue weighted by molar-refractivity contribution is 5.91. The zero-order chi connectivity index (χ0) is 25.0. The van der Waals surface area contributed by atoms with Crippen LogP contribution in [0, 0.1) is 12.8 Å². The summed E-state index contributed by atoms with van der Waals surface area (Å²) < 4.78 is 4.67. The molecule has 1 heterocycles. The number of aromatic nitrogens is 2. The second-order valence-electron chi connectivity index (χ2n) is 9.79. The minimum Gasteiger partial charge on any atom is -0.369 e. The number of benzene rings is 3. The summed E-state index contributed by atoms with van der Waals surface area (Å²) in [6, 6.07) is 30.9. The van der Waals surface area contributed by atoms with Gasteiger partial charge in [-0.1, -0.05) is 97.1 Å². The molecule has 0 saturated heterocycles. The van der Waals surface area contributed by atoms with Crippen molar-refractivity contribution in [2.75, 3.05) is 0 Å². The molecule has 1 amide bonds. The normalized spacial score (nSPS) is 18.0. The number of carbonyl (C=O) groups is 1. The molecular formula is C32H34N3O+. The minimum absolute atomic E-state index is 0.123. The first kappa shape index (κ1) is 23.8. The number of rotatable bonds is 8. The number of hydrogen-bond acceptors (Lipinski definition) is 1. The smallest absolute Gasteiger partial charge is 0.253 e. The molecule has 1 aliphatic rings. The van der Waals surface area contributed by atoms with Gasteiger partial charge in [0.2, 0.25) is 5.91 Å². The van der Waals surface area contributed by atoms with Gasteiger partial charge in [-0.15, -0.1) is 0 Å². The second kappa shape index (κ2) is 10.4. The first-order valence-corrected chi connectivity index (χ1v) is 12.8. The summed E-state index contributed by atoms with van der Waals surface area (Å²) in [5.74, 6) is 1.08. The maximum Gasteiger partial charge on any atom is 0.253 e. The number of allylic oxidation sites excluding steroid dienone is 1. The van der Waals surface area contributed by atoms with Crippen molar-refractivity contribution in [2.45, 2.75) is 44.2 Å². The average Bonchev–Trinajstić information content (AvgIpc) is 3.53. The molecule has 36 heavy (non-hydrogen) atoms. The van der Waals surface area contributed by atoms with E-state index in [4.69, 9.17) is 5.73 Å². The van der Waals surface area contributed by atoms with Gasteiger partial charge in [0.05, 0.1) is 0 Å². The average molecular weight is 477 g/mol. The van der Waals surface area contributed by atoms with E-state index in [0.29, 0.717) is 6.04 Å². The first-order valence-electron chi connectivity index (χ1n) is 12.8. The summed E-state index contributed by atoms with van der Waals surface area (Å²) in [6.45, 7) is 3.00. The molecule has 4 aromatic rings. The Bertz CT molecular complexity index is 1290. The third-order valence-electron chi connectivity index (χ3n) is 7.87. The number of nitrogens with zero attached hydrogens (tertiary/aromatic N) is 2. The lowest BCUT2D eigenvalue weighted by atomic mass is 9.64. The van der Waals surface area contributed by atoms with E-state index < -0.39 is 5.41 Å². The van der Waals surface area contributed by atoms with Crippen molar-refractivity contribution in [3.63, 3.8) is 0 Å². The fraction of sp³-hybridized carbons (Fsp3) is 0.250. The van der Waals surface area contributed by atoms with Crippen molar-refractivity contribution in [1.82, 2.24) is 4.57 Å². The van der Waals surface area contributed by atoms with Gasteiger partial charge < -0.3 is 5.73 Å². The largest absolute Gasteiger partial charge is 0.369 e. The Hall–Kier alpha value is -3.92. The predicted octanol–water partition coefficient (Wildman–Crippen LogP) is 5.61. The van der Waals surface area contributed by atoms with Crippen LogP contribution < -0.4 is 10.3 Å². The van der Waals surface area contributed by atoms with Crippen LogP contribution >= 0.6 is 0 Å². The molecule has 0 radical (unpaired) electrons. The molecule has 0 spiro atoms. The van der Waals surface area contributed by atoms with E-state index in [-0.39, 0.29) is 11.8 Å². The quantitative estimate of drug-likeness (QED) is 0.330. The van der Waals surface area contributed by atoms with Crippen LogP contribution in [0.25, 0.3) is 6.08 Å². The van der Waals surface area contributed by atoms with E-state index in [1.54, 1.807) is 0 Å². The summed E-state index contributed by atoms with van der Waals surface area (Å²) in [5, 5.41) is 0. The van der Waals surface area contributed by atoms with Crippen LogP contribution in [-0.2, 0) is 16.8 Å². The van der Waals surface area contributed by atoms with Crippen molar-refractivity contribution < 1.29 is 9.36 Å². The van der Waals surface area contributed by atoms with Crippen molar-refractivity contribution in [2.24, 2.45) is 11.7 Å². The molecule has 2 N–H and O–H groups in total. The van der Waals surface area contributed by atoms with Gasteiger partial charge in [0.1, 0.15) is 30.4 Å². The van der Waals surface area contributed by atoms with Gasteiger partial charge in [0.15, 0.2) is 0 Å². The highest BCUT2D eigenvalue weighted by Gasteiger charge is 2.51. The van der Waals surface area contributed by atoms with E-state index in [1.807, 2.05) is 42.5 Å². The van der Waals surface area contributed by atoms with Gasteiger partial charge >= 0.3 is 0 Å². The maximum atomic E-state index is 13.4. The summed E-state index contributed by atoms with van der Waals surface area (Å²) in [4.78, 5) is 13.4. The molecule has 1 saturated carbocycles. The molecule has 5 rings (SSSR count). The Balaban J connectivity index is 1.41. The highest BCUT2D eigenvalue weighted by atomic mass is 16.1. The number of carbonyl (C=O) groups excluding carboxylic acids is 1. The van der Waals surface area contributed by atoms with Crippen LogP contribution in [-0.4, -0.2) is 10.5 Å². The lowest BCUT2D eigenvalue weighted by Gasteiger charge is -2.37. The van der Waals surface area contributed by atoms with E-state index in [2.05, 4.69) is 89.1 Å². The first-order chi connectivity index (χ1) is 17.6. The van der Waals surface area contributed by atoms with Crippen molar-refractivity contribution in [3.8, 4) is 0 Å². The Kier molecular flexibility index (Phi) is 6.86. The summed E-state index contributed by atoms with van der Waals surface area (Å²) in [6.07, 6.45) is 11.6. The number of primary amides is 1. The van der Waals surface area contributed by atoms with Crippen LogP contribution in [0.2, 0.25) is 0 Å². The number of amides is 1. The Morgan fingerprint density at radius 2 is 1.53 bits per heavy atom. The fourth-order valence-corrected chi connectivity index (χ4v) is 6.09. The molecule has 182 valence electrons. The van der Waals surface area contributed by atoms with Crippen LogP contribution in [0.1, 0.15) is 47.8 Å². The van der Waals surface area contributed by atoms with Crippen LogP contribution in [0.15, 0.2) is 109 Å². The zero-order valence-corrected chi connectivity index (χ0v) is 20.8. The predicted molar refractivity (Wildman–Crippen MR) is 144 cm³/mol. The molecule has 0 bridgehead atoms. The summed E-state index contributed by atoms with van der Waals surface area (Å²) in [5.41, 5.74) is 8.62. The zero-order valence-electron chi connectivity index (χ0n) is 20.8. The third kappa shape index (κ3) is 4.39. The molecule has 4 heteroatoms. The summed E-state index contributed by atoms with van der Waals surface area (Å²) in [7, 11) is 0. The topological polar surface area (TPSA) is 51.9 Å². The Morgan fingerprint density at radius 3 is 2.11 bits per heavy atom. The highest BCUT2D eigenvalue weighted by Crippen LogP contribution is 2.49. The van der Waals surface area contributed by atoms with Crippen LogP contribution in [0.3, 0.4) is 0 Å². The minimum atomic E-state index is -0.841. The standard InChI is InChI=1S/C32H33N3O/c1-25-34(21-11-14-26-12-5-2-6-13-26)22-23-35(25)30-20-19-29(24-30)32(31(33)36,27-15-7-3-8-16-27)28-17-9-4-10-18-28/h2-18,22-23,29-30H,19-21,24H2,1H3,(H-,33,36)/p+1/t29-,30+/m1/s1. The van der Waals surface area contributed by atoms with E-state index in [9.17, 15) is 4.79 Å². The molecule has 1 aliphatic carbocycles. The third-order valence-corrected chi connectivity index (χ3v) is 7.87. The van der Waals surface area contributed by atoms with Crippen molar-refractivity contribution in [3.05, 3.63) is 132 Å². The van der Waals surface area contributed by atoms with Gasteiger partial charge in [-0.25, -0.2) is 9.13 Å². The van der Waals surface area contributed by atoms with Crippen LogP contribution in [0.5, 0.6) is 0 Å². The molecule has 2 atom stereocenters. The number of nitrogens with two attached hydrogens (primary N) is 1. The van der Waals surface area contributed by atoms with Crippen molar-refractivity contribution >= 4 is 12.0 Å². The van der Waals surface area contributed by atoms with E-state index in [0.717, 1.165) is 36.9 Å². The lowest BCUT2D eigenvalue weighted by molar-refractivity contribution is -0.692. The van der Waals surface area contributed by atoms with E-state index >= 15 is 0 Å². The lowest BCUT2D eigenvalue weighted by Crippen LogP contribution is -2.47. The molecular weight excluding hydrogens is 442 g/mol. The number of hydrogen-bond donors (Lipinski definition) is 1. The van der Waals surface area contributed by atoms with Gasteiger partial charge in [0, 0.05) is 6.92 Å². The van der Waals surface area contributed by atoms with E-state index in [1.165, 1.54) is 11.4 Å². The molecule has 0 aliphatic heterocycles.